The van der Waals surface area contributed by atoms with E-state index >= 15 is 0 Å². The fourth-order valence-electron chi connectivity index (χ4n) is 1.64. The van der Waals surface area contributed by atoms with Crippen LogP contribution >= 0.6 is 31.9 Å². The van der Waals surface area contributed by atoms with E-state index in [2.05, 4.69) is 57.0 Å². The molecular formula is C15H12Br2O. The van der Waals surface area contributed by atoms with Gasteiger partial charge >= 0.3 is 0 Å². The van der Waals surface area contributed by atoms with Crippen molar-refractivity contribution in [2.24, 2.45) is 0 Å². The minimum Gasteiger partial charge on any atom is -0.506 e. The molecule has 92 valence electrons. The van der Waals surface area contributed by atoms with Gasteiger partial charge in [0, 0.05) is 0 Å². The Morgan fingerprint density at radius 1 is 1.00 bits per heavy atom. The Balaban J connectivity index is 2.33. The molecule has 0 amide bonds. The number of halogens is 2. The molecule has 0 aliphatic carbocycles. The Morgan fingerprint density at radius 3 is 2.22 bits per heavy atom. The van der Waals surface area contributed by atoms with E-state index in [0.29, 0.717) is 8.95 Å². The summed E-state index contributed by atoms with van der Waals surface area (Å²) in [6.45, 7) is 2.09. The number of hydrogen-bond donors (Lipinski definition) is 1. The van der Waals surface area contributed by atoms with E-state index in [1.165, 1.54) is 11.1 Å². The van der Waals surface area contributed by atoms with Crippen molar-refractivity contribution in [3.05, 3.63) is 62.0 Å². The third-order valence-electron chi connectivity index (χ3n) is 2.68. The molecule has 18 heavy (non-hydrogen) atoms. The summed E-state index contributed by atoms with van der Waals surface area (Å²) in [5.74, 6) is 0.225. The molecular weight excluding hydrogens is 356 g/mol. The fraction of sp³-hybridized carbons (Fsp3) is 0.0667. The van der Waals surface area contributed by atoms with E-state index < -0.39 is 0 Å². The van der Waals surface area contributed by atoms with Crippen LogP contribution in [0.25, 0.3) is 12.2 Å². The molecule has 0 radical (unpaired) electrons. The van der Waals surface area contributed by atoms with Crippen molar-refractivity contribution in [1.82, 2.24) is 0 Å². The van der Waals surface area contributed by atoms with Gasteiger partial charge < -0.3 is 5.11 Å². The molecule has 0 saturated carbocycles. The molecule has 0 heterocycles. The summed E-state index contributed by atoms with van der Waals surface area (Å²) < 4.78 is 1.36. The number of aromatic hydroxyl groups is 1. The summed E-state index contributed by atoms with van der Waals surface area (Å²) in [5.41, 5.74) is 3.46. The Bertz CT molecular complexity index is 580. The lowest BCUT2D eigenvalue weighted by atomic mass is 10.1. The van der Waals surface area contributed by atoms with Gasteiger partial charge in [0.2, 0.25) is 0 Å². The van der Waals surface area contributed by atoms with Crippen molar-refractivity contribution in [1.29, 1.82) is 0 Å². The van der Waals surface area contributed by atoms with E-state index in [0.717, 1.165) is 5.56 Å². The zero-order valence-electron chi connectivity index (χ0n) is 9.82. The van der Waals surface area contributed by atoms with Crippen LogP contribution in [0.5, 0.6) is 5.75 Å². The van der Waals surface area contributed by atoms with Gasteiger partial charge in [0.1, 0.15) is 5.75 Å². The van der Waals surface area contributed by atoms with E-state index in [4.69, 9.17) is 0 Å². The zero-order valence-corrected chi connectivity index (χ0v) is 13.0. The highest BCUT2D eigenvalue weighted by atomic mass is 79.9. The average Bonchev–Trinajstić information content (AvgIpc) is 2.35. The van der Waals surface area contributed by atoms with E-state index in [-0.39, 0.29) is 5.75 Å². The standard InChI is InChI=1S/C15H12Br2O/c1-10-4-2-3-5-12(10)7-6-11-8-13(16)15(18)14(17)9-11/h2-9,18H,1H3/b7-6+. The van der Waals surface area contributed by atoms with Gasteiger partial charge in [-0.25, -0.2) is 0 Å². The van der Waals surface area contributed by atoms with Gasteiger partial charge in [-0.15, -0.1) is 0 Å². The molecule has 0 spiro atoms. The van der Waals surface area contributed by atoms with Crippen molar-refractivity contribution in [2.75, 3.05) is 0 Å². The molecule has 2 aromatic rings. The first-order valence-corrected chi connectivity index (χ1v) is 7.08. The largest absolute Gasteiger partial charge is 0.506 e. The van der Waals surface area contributed by atoms with Crippen LogP contribution < -0.4 is 0 Å². The van der Waals surface area contributed by atoms with Crippen LogP contribution in [0.3, 0.4) is 0 Å². The number of benzene rings is 2. The van der Waals surface area contributed by atoms with Gasteiger partial charge in [0.25, 0.3) is 0 Å². The van der Waals surface area contributed by atoms with Crippen LogP contribution in [0, 0.1) is 6.92 Å². The number of rotatable bonds is 2. The van der Waals surface area contributed by atoms with Gasteiger partial charge in [-0.3, -0.25) is 0 Å². The summed E-state index contributed by atoms with van der Waals surface area (Å²) in [4.78, 5) is 0. The normalized spacial score (nSPS) is 11.1. The molecule has 2 rings (SSSR count). The highest BCUT2D eigenvalue weighted by Crippen LogP contribution is 2.33. The van der Waals surface area contributed by atoms with Crippen molar-refractivity contribution in [3.63, 3.8) is 0 Å². The summed E-state index contributed by atoms with van der Waals surface area (Å²) in [6, 6.07) is 12.0. The maximum Gasteiger partial charge on any atom is 0.143 e. The molecule has 3 heteroatoms. The third kappa shape index (κ3) is 3.03. The van der Waals surface area contributed by atoms with E-state index in [1.54, 1.807) is 0 Å². The second-order valence-electron chi connectivity index (χ2n) is 4.02. The Kier molecular flexibility index (Phi) is 4.25. The maximum atomic E-state index is 9.64. The molecule has 1 nitrogen and oxygen atoms in total. The Labute approximate surface area is 123 Å². The van der Waals surface area contributed by atoms with Crippen molar-refractivity contribution >= 4 is 44.0 Å². The second kappa shape index (κ2) is 5.72. The molecule has 0 fully saturated rings. The SMILES string of the molecule is Cc1ccccc1/C=C/c1cc(Br)c(O)c(Br)c1. The van der Waals surface area contributed by atoms with Crippen LogP contribution in [0.4, 0.5) is 0 Å². The molecule has 0 atom stereocenters. The summed E-state index contributed by atoms with van der Waals surface area (Å²) in [5, 5.41) is 9.64. The fourth-order valence-corrected chi connectivity index (χ4v) is 2.86. The van der Waals surface area contributed by atoms with Crippen LogP contribution in [0.2, 0.25) is 0 Å². The number of hydrogen-bond acceptors (Lipinski definition) is 1. The molecule has 0 unspecified atom stereocenters. The van der Waals surface area contributed by atoms with E-state index in [9.17, 15) is 5.11 Å². The quantitative estimate of drug-likeness (QED) is 0.705. The van der Waals surface area contributed by atoms with Crippen molar-refractivity contribution in [2.45, 2.75) is 6.92 Å². The second-order valence-corrected chi connectivity index (χ2v) is 5.73. The third-order valence-corrected chi connectivity index (χ3v) is 3.89. The van der Waals surface area contributed by atoms with Gasteiger partial charge in [0.15, 0.2) is 0 Å². The topological polar surface area (TPSA) is 20.2 Å². The number of phenolic OH excluding ortho intramolecular Hbond substituents is 1. The lowest BCUT2D eigenvalue weighted by Gasteiger charge is -2.03. The molecule has 0 aliphatic rings. The number of aryl methyl sites for hydroxylation is 1. The van der Waals surface area contributed by atoms with Gasteiger partial charge in [-0.1, -0.05) is 36.4 Å². The van der Waals surface area contributed by atoms with Gasteiger partial charge in [-0.05, 0) is 67.6 Å². The first-order valence-electron chi connectivity index (χ1n) is 5.49. The summed E-state index contributed by atoms with van der Waals surface area (Å²) in [7, 11) is 0. The summed E-state index contributed by atoms with van der Waals surface area (Å²) in [6.07, 6.45) is 4.10. The highest BCUT2D eigenvalue weighted by molar-refractivity contribution is 9.11. The van der Waals surface area contributed by atoms with E-state index in [1.807, 2.05) is 30.3 Å². The first kappa shape index (κ1) is 13.4. The van der Waals surface area contributed by atoms with Crippen LogP contribution in [0.15, 0.2) is 45.3 Å². The van der Waals surface area contributed by atoms with Gasteiger partial charge in [0.05, 0.1) is 8.95 Å². The minimum atomic E-state index is 0.225. The zero-order chi connectivity index (χ0) is 13.1. The number of phenols is 1. The predicted molar refractivity (Wildman–Crippen MR) is 83.6 cm³/mol. The Morgan fingerprint density at radius 2 is 1.61 bits per heavy atom. The lowest BCUT2D eigenvalue weighted by Crippen LogP contribution is -1.80. The lowest BCUT2D eigenvalue weighted by molar-refractivity contribution is 0.468. The van der Waals surface area contributed by atoms with Crippen LogP contribution in [-0.2, 0) is 0 Å². The molecule has 0 saturated heterocycles. The maximum absolute atomic E-state index is 9.64. The van der Waals surface area contributed by atoms with Crippen molar-refractivity contribution < 1.29 is 5.11 Å². The molecule has 2 aromatic carbocycles. The summed E-state index contributed by atoms with van der Waals surface area (Å²) >= 11 is 6.65. The molecule has 0 aliphatic heterocycles. The molecule has 1 N–H and O–H groups in total. The van der Waals surface area contributed by atoms with Crippen molar-refractivity contribution in [3.8, 4) is 5.75 Å². The molecule has 0 aromatic heterocycles. The Hall–Kier alpha value is -1.06. The minimum absolute atomic E-state index is 0.225. The highest BCUT2D eigenvalue weighted by Gasteiger charge is 2.04. The monoisotopic (exact) mass is 366 g/mol. The average molecular weight is 368 g/mol. The molecule has 0 bridgehead atoms. The van der Waals surface area contributed by atoms with Crippen LogP contribution in [-0.4, -0.2) is 5.11 Å². The smallest absolute Gasteiger partial charge is 0.143 e. The first-order chi connectivity index (χ1) is 8.58. The van der Waals surface area contributed by atoms with Crippen LogP contribution in [0.1, 0.15) is 16.7 Å². The predicted octanol–water partition coefficient (Wildman–Crippen LogP) is 5.40. The van der Waals surface area contributed by atoms with Gasteiger partial charge in [-0.2, -0.15) is 0 Å².